The van der Waals surface area contributed by atoms with Crippen molar-refractivity contribution in [2.45, 2.75) is 25.4 Å². The summed E-state index contributed by atoms with van der Waals surface area (Å²) in [4.78, 5) is 11.4. The number of aliphatic hydroxyl groups is 1. The fourth-order valence-corrected chi connectivity index (χ4v) is 1.90. The van der Waals surface area contributed by atoms with E-state index in [1.807, 2.05) is 12.1 Å². The molecule has 1 atom stereocenters. The predicted molar refractivity (Wildman–Crippen MR) is 66.8 cm³/mol. The van der Waals surface area contributed by atoms with Gasteiger partial charge in [0.05, 0.1) is 6.10 Å². The number of nitrogens with one attached hydrogen (secondary N) is 1. The Bertz CT molecular complexity index is 404. The topological polar surface area (TPSA) is 49.3 Å². The van der Waals surface area contributed by atoms with Crippen LogP contribution < -0.4 is 5.32 Å². The summed E-state index contributed by atoms with van der Waals surface area (Å²) in [7, 11) is 0. The molecule has 0 aromatic heterocycles. The molecule has 1 amide bonds. The second-order valence-electron chi connectivity index (χ2n) is 4.42. The summed E-state index contributed by atoms with van der Waals surface area (Å²) in [6.45, 7) is 0.503. The molecule has 3 nitrogen and oxygen atoms in total. The molecule has 1 aliphatic rings. The third-order valence-corrected chi connectivity index (χ3v) is 3.13. The second-order valence-corrected chi connectivity index (χ2v) is 4.86. The zero-order chi connectivity index (χ0) is 12.3. The van der Waals surface area contributed by atoms with Crippen molar-refractivity contribution >= 4 is 17.5 Å². The number of amides is 1. The van der Waals surface area contributed by atoms with Crippen LogP contribution in [0.5, 0.6) is 0 Å². The number of rotatable bonds is 5. The first-order valence-electron chi connectivity index (χ1n) is 5.88. The lowest BCUT2D eigenvalue weighted by Gasteiger charge is -2.11. The number of hydrogen-bond donors (Lipinski definition) is 2. The van der Waals surface area contributed by atoms with E-state index in [9.17, 15) is 9.90 Å². The first-order valence-corrected chi connectivity index (χ1v) is 6.26. The third kappa shape index (κ3) is 3.72. The molecule has 1 aliphatic carbocycles. The Kier molecular flexibility index (Phi) is 4.02. The first-order chi connectivity index (χ1) is 8.16. The van der Waals surface area contributed by atoms with Crippen molar-refractivity contribution in [1.82, 2.24) is 5.32 Å². The maximum absolute atomic E-state index is 11.4. The molecule has 0 bridgehead atoms. The maximum atomic E-state index is 11.4. The largest absolute Gasteiger partial charge is 0.388 e. The summed E-state index contributed by atoms with van der Waals surface area (Å²) in [6.07, 6.45) is 1.94. The third-order valence-electron chi connectivity index (χ3n) is 2.90. The van der Waals surface area contributed by atoms with Crippen molar-refractivity contribution in [2.75, 3.05) is 6.54 Å². The molecule has 0 aliphatic heterocycles. The number of aliphatic hydroxyl groups excluding tert-OH is 1. The van der Waals surface area contributed by atoms with Gasteiger partial charge in [-0.1, -0.05) is 23.7 Å². The molecule has 2 N–H and O–H groups in total. The molecule has 1 fully saturated rings. The van der Waals surface area contributed by atoms with E-state index in [4.69, 9.17) is 11.6 Å². The highest BCUT2D eigenvalue weighted by Crippen LogP contribution is 2.28. The van der Waals surface area contributed by atoms with Crippen LogP contribution in [-0.4, -0.2) is 17.6 Å². The van der Waals surface area contributed by atoms with Gasteiger partial charge in [0.2, 0.25) is 5.91 Å². The molecule has 17 heavy (non-hydrogen) atoms. The summed E-state index contributed by atoms with van der Waals surface area (Å²) in [5.41, 5.74) is 0.790. The van der Waals surface area contributed by atoms with Gasteiger partial charge < -0.3 is 10.4 Å². The molecular formula is C13H16ClNO2. The highest BCUT2D eigenvalue weighted by Gasteiger charge is 2.29. The van der Waals surface area contributed by atoms with Gasteiger partial charge in [0, 0.05) is 17.5 Å². The molecule has 92 valence electrons. The zero-order valence-corrected chi connectivity index (χ0v) is 10.3. The molecule has 0 saturated heterocycles. The van der Waals surface area contributed by atoms with E-state index < -0.39 is 6.10 Å². The first kappa shape index (κ1) is 12.4. The average molecular weight is 254 g/mol. The van der Waals surface area contributed by atoms with Gasteiger partial charge in [-0.3, -0.25) is 4.79 Å². The van der Waals surface area contributed by atoms with Gasteiger partial charge in [-0.25, -0.2) is 0 Å². The monoisotopic (exact) mass is 253 g/mol. The summed E-state index contributed by atoms with van der Waals surface area (Å²) in [5.74, 6) is 0.335. The van der Waals surface area contributed by atoms with Crippen LogP contribution >= 0.6 is 11.6 Å². The number of benzene rings is 1. The Morgan fingerprint density at radius 2 is 2.29 bits per heavy atom. The van der Waals surface area contributed by atoms with Crippen LogP contribution in [0.15, 0.2) is 24.3 Å². The van der Waals surface area contributed by atoms with Crippen molar-refractivity contribution in [3.63, 3.8) is 0 Å². The van der Waals surface area contributed by atoms with E-state index in [1.54, 1.807) is 12.1 Å². The van der Waals surface area contributed by atoms with Gasteiger partial charge in [-0.05, 0) is 37.0 Å². The molecule has 0 unspecified atom stereocenters. The minimum absolute atomic E-state index is 0.114. The Hall–Kier alpha value is -1.06. The van der Waals surface area contributed by atoms with E-state index in [2.05, 4.69) is 5.32 Å². The summed E-state index contributed by atoms with van der Waals surface area (Å²) >= 11 is 5.84. The predicted octanol–water partition coefficient (Wildman–Crippen LogP) is 2.29. The summed E-state index contributed by atoms with van der Waals surface area (Å²) < 4.78 is 0. The standard InChI is InChI=1S/C13H16ClNO2/c14-11-3-1-2-10(8-11)12(16)6-7-15-13(17)9-4-5-9/h1-3,8-9,12,16H,4-7H2,(H,15,17)/t12-/m1/s1. The van der Waals surface area contributed by atoms with Crippen molar-refractivity contribution < 1.29 is 9.90 Å². The molecule has 0 radical (unpaired) electrons. The number of halogens is 1. The van der Waals surface area contributed by atoms with Gasteiger partial charge in [-0.2, -0.15) is 0 Å². The molecule has 0 spiro atoms. The minimum Gasteiger partial charge on any atom is -0.388 e. The van der Waals surface area contributed by atoms with Crippen LogP contribution in [0, 0.1) is 5.92 Å². The van der Waals surface area contributed by atoms with Gasteiger partial charge in [0.1, 0.15) is 0 Å². The summed E-state index contributed by atoms with van der Waals surface area (Å²) in [6, 6.07) is 7.16. The van der Waals surface area contributed by atoms with Gasteiger partial charge in [0.15, 0.2) is 0 Å². The van der Waals surface area contributed by atoms with Crippen LogP contribution in [0.4, 0.5) is 0 Å². The lowest BCUT2D eigenvalue weighted by Crippen LogP contribution is -2.26. The van der Waals surface area contributed by atoms with Crippen molar-refractivity contribution in [1.29, 1.82) is 0 Å². The Labute approximate surface area is 106 Å². The Balaban J connectivity index is 1.76. The highest BCUT2D eigenvalue weighted by molar-refractivity contribution is 6.30. The van der Waals surface area contributed by atoms with Gasteiger partial charge in [0.25, 0.3) is 0 Å². The van der Waals surface area contributed by atoms with E-state index >= 15 is 0 Å². The Morgan fingerprint density at radius 1 is 1.53 bits per heavy atom. The normalized spacial score (nSPS) is 16.6. The van der Waals surface area contributed by atoms with Crippen molar-refractivity contribution in [3.05, 3.63) is 34.9 Å². The minimum atomic E-state index is -0.576. The average Bonchev–Trinajstić information content (AvgIpc) is 3.12. The zero-order valence-electron chi connectivity index (χ0n) is 9.53. The quantitative estimate of drug-likeness (QED) is 0.846. The number of carbonyl (C=O) groups is 1. The Morgan fingerprint density at radius 3 is 2.94 bits per heavy atom. The lowest BCUT2D eigenvalue weighted by atomic mass is 10.1. The molecule has 1 aromatic carbocycles. The molecular weight excluding hydrogens is 238 g/mol. The van der Waals surface area contributed by atoms with Crippen LogP contribution in [0.3, 0.4) is 0 Å². The molecule has 2 rings (SSSR count). The van der Waals surface area contributed by atoms with Crippen LogP contribution in [0.2, 0.25) is 5.02 Å². The van der Waals surface area contributed by atoms with Crippen LogP contribution in [0.1, 0.15) is 30.9 Å². The molecule has 0 heterocycles. The molecule has 1 aromatic rings. The number of hydrogen-bond acceptors (Lipinski definition) is 2. The maximum Gasteiger partial charge on any atom is 0.223 e. The second kappa shape index (κ2) is 5.52. The lowest BCUT2D eigenvalue weighted by molar-refractivity contribution is -0.122. The van der Waals surface area contributed by atoms with E-state index in [0.717, 1.165) is 18.4 Å². The van der Waals surface area contributed by atoms with Crippen molar-refractivity contribution in [3.8, 4) is 0 Å². The van der Waals surface area contributed by atoms with Crippen LogP contribution in [-0.2, 0) is 4.79 Å². The fraction of sp³-hybridized carbons (Fsp3) is 0.462. The van der Waals surface area contributed by atoms with Crippen LogP contribution in [0.25, 0.3) is 0 Å². The van der Waals surface area contributed by atoms with Gasteiger partial charge in [-0.15, -0.1) is 0 Å². The van der Waals surface area contributed by atoms with Crippen molar-refractivity contribution in [2.24, 2.45) is 5.92 Å². The van der Waals surface area contributed by atoms with E-state index in [1.165, 1.54) is 0 Å². The SMILES string of the molecule is O=C(NCC[C@@H](O)c1cccc(Cl)c1)C1CC1. The van der Waals surface area contributed by atoms with E-state index in [-0.39, 0.29) is 11.8 Å². The number of carbonyl (C=O) groups excluding carboxylic acids is 1. The highest BCUT2D eigenvalue weighted by atomic mass is 35.5. The molecule has 1 saturated carbocycles. The molecule has 4 heteroatoms. The summed E-state index contributed by atoms with van der Waals surface area (Å²) in [5, 5.41) is 13.3. The fourth-order valence-electron chi connectivity index (χ4n) is 1.70. The van der Waals surface area contributed by atoms with E-state index in [0.29, 0.717) is 18.0 Å². The van der Waals surface area contributed by atoms with Gasteiger partial charge >= 0.3 is 0 Å². The smallest absolute Gasteiger partial charge is 0.223 e.